The average Bonchev–Trinajstić information content (AvgIpc) is 3.24. The van der Waals surface area contributed by atoms with Crippen molar-refractivity contribution in [2.45, 2.75) is 49.4 Å². The molecule has 11 nitrogen and oxygen atoms in total. The van der Waals surface area contributed by atoms with Crippen LogP contribution in [0.2, 0.25) is 0 Å². The van der Waals surface area contributed by atoms with Crippen molar-refractivity contribution in [3.63, 3.8) is 0 Å². The molecule has 2 aromatic rings. The van der Waals surface area contributed by atoms with Gasteiger partial charge >= 0.3 is 6.36 Å². The van der Waals surface area contributed by atoms with E-state index in [2.05, 4.69) is 19.8 Å². The highest BCUT2D eigenvalue weighted by Gasteiger charge is 2.48. The molecule has 0 aromatic heterocycles. The smallest absolute Gasteiger partial charge is 0.405 e. The van der Waals surface area contributed by atoms with Gasteiger partial charge in [-0.2, -0.15) is 4.31 Å². The van der Waals surface area contributed by atoms with Crippen LogP contribution in [-0.4, -0.2) is 76.1 Å². The fraction of sp³-hybridized carbons (Fsp3) is 0.407. The molecule has 1 fully saturated rings. The number of ether oxygens (including phenoxy) is 1. The highest BCUT2D eigenvalue weighted by molar-refractivity contribution is 7.92. The monoisotopic (exact) mass is 644 g/mol. The number of amides is 1. The maximum atomic E-state index is 13.1. The van der Waals surface area contributed by atoms with Crippen molar-refractivity contribution in [2.24, 2.45) is 4.99 Å². The Hall–Kier alpha value is -3.31. The van der Waals surface area contributed by atoms with E-state index in [1.54, 1.807) is 6.92 Å². The molecule has 234 valence electrons. The number of amidine groups is 1. The molecule has 2 heterocycles. The molecule has 1 amide bonds. The first kappa shape index (κ1) is 32.6. The number of carbonyl (C=O) groups is 1. The minimum Gasteiger partial charge on any atom is -0.405 e. The van der Waals surface area contributed by atoms with Crippen LogP contribution in [0.15, 0.2) is 57.8 Å². The van der Waals surface area contributed by atoms with E-state index in [4.69, 9.17) is 5.11 Å². The van der Waals surface area contributed by atoms with Gasteiger partial charge in [0.25, 0.3) is 5.91 Å². The van der Waals surface area contributed by atoms with E-state index in [1.165, 1.54) is 46.8 Å². The lowest BCUT2D eigenvalue weighted by atomic mass is 9.89. The summed E-state index contributed by atoms with van der Waals surface area (Å²) in [5.41, 5.74) is -0.364. The molecule has 3 N–H and O–H groups in total. The molecule has 0 saturated carbocycles. The van der Waals surface area contributed by atoms with E-state index in [0.29, 0.717) is 24.0 Å². The van der Waals surface area contributed by atoms with Gasteiger partial charge in [-0.25, -0.2) is 21.6 Å². The van der Waals surface area contributed by atoms with Gasteiger partial charge in [-0.15, -0.1) is 13.2 Å². The zero-order valence-electron chi connectivity index (χ0n) is 23.1. The number of piperidine rings is 1. The summed E-state index contributed by atoms with van der Waals surface area (Å²) in [7, 11) is -7.70. The van der Waals surface area contributed by atoms with Crippen molar-refractivity contribution in [2.75, 3.05) is 26.2 Å². The van der Waals surface area contributed by atoms with Gasteiger partial charge in [-0.3, -0.25) is 9.79 Å². The Bertz CT molecular complexity index is 1630. The van der Waals surface area contributed by atoms with Crippen LogP contribution in [0.4, 0.5) is 13.2 Å². The summed E-state index contributed by atoms with van der Waals surface area (Å²) in [5.74, 6) is -1.14. The number of nitrogens with zero attached hydrogens (tertiary/aromatic N) is 2. The van der Waals surface area contributed by atoms with Gasteiger partial charge in [0.05, 0.1) is 10.5 Å². The number of sulfonamides is 2. The molecule has 0 aliphatic carbocycles. The lowest BCUT2D eigenvalue weighted by Crippen LogP contribution is -2.50. The lowest BCUT2D eigenvalue weighted by molar-refractivity contribution is -0.274. The summed E-state index contributed by atoms with van der Waals surface area (Å²) < 4.78 is 97.4. The number of nitrogens with one attached hydrogen (secondary N) is 2. The Morgan fingerprint density at radius 1 is 1.12 bits per heavy atom. The normalized spacial score (nSPS) is 17.8. The molecule has 0 atom stereocenters. The van der Waals surface area contributed by atoms with Crippen LogP contribution in [0.3, 0.4) is 0 Å². The molecule has 0 bridgehead atoms. The van der Waals surface area contributed by atoms with Crippen molar-refractivity contribution < 1.29 is 44.6 Å². The van der Waals surface area contributed by atoms with Crippen LogP contribution in [0.25, 0.3) is 6.08 Å². The maximum Gasteiger partial charge on any atom is 0.573 e. The van der Waals surface area contributed by atoms with Gasteiger partial charge in [0.1, 0.15) is 17.1 Å². The lowest BCUT2D eigenvalue weighted by Gasteiger charge is -2.34. The summed E-state index contributed by atoms with van der Waals surface area (Å²) in [6, 6.07) is 9.56. The van der Waals surface area contributed by atoms with Crippen LogP contribution in [-0.2, 0) is 24.8 Å². The zero-order valence-corrected chi connectivity index (χ0v) is 24.7. The van der Waals surface area contributed by atoms with Crippen molar-refractivity contribution in [3.8, 4) is 5.75 Å². The highest BCUT2D eigenvalue weighted by atomic mass is 32.2. The Labute approximate surface area is 247 Å². The van der Waals surface area contributed by atoms with E-state index in [-0.39, 0.29) is 55.4 Å². The summed E-state index contributed by atoms with van der Waals surface area (Å²) in [4.78, 5) is 17.3. The van der Waals surface area contributed by atoms with E-state index in [1.807, 2.05) is 0 Å². The highest BCUT2D eigenvalue weighted by Crippen LogP contribution is 2.34. The van der Waals surface area contributed by atoms with Crippen molar-refractivity contribution >= 4 is 37.9 Å². The minimum absolute atomic E-state index is 0.00852. The second kappa shape index (κ2) is 12.7. The quantitative estimate of drug-likeness (QED) is 0.318. The maximum absolute atomic E-state index is 13.1. The summed E-state index contributed by atoms with van der Waals surface area (Å²) in [6.45, 7) is 1.67. The molecule has 2 aliphatic heterocycles. The number of alkyl halides is 3. The van der Waals surface area contributed by atoms with E-state index < -0.39 is 43.6 Å². The number of unbranched alkanes of at least 4 members (excludes halogenated alkanes) is 1. The molecule has 43 heavy (non-hydrogen) atoms. The zero-order chi connectivity index (χ0) is 31.5. The van der Waals surface area contributed by atoms with E-state index in [9.17, 15) is 34.8 Å². The minimum atomic E-state index is -4.94. The van der Waals surface area contributed by atoms with Crippen molar-refractivity contribution in [1.29, 1.82) is 0 Å². The van der Waals surface area contributed by atoms with Gasteiger partial charge in [-0.1, -0.05) is 18.2 Å². The van der Waals surface area contributed by atoms with Gasteiger partial charge < -0.3 is 15.2 Å². The first-order valence-electron chi connectivity index (χ1n) is 13.3. The molecule has 1 spiro atoms. The van der Waals surface area contributed by atoms with Crippen LogP contribution >= 0.6 is 0 Å². The first-order valence-corrected chi connectivity index (χ1v) is 16.3. The van der Waals surface area contributed by atoms with Gasteiger partial charge in [0.15, 0.2) is 0 Å². The second-order valence-electron chi connectivity index (χ2n) is 10.1. The molecule has 4 rings (SSSR count). The number of aliphatic hydroxyl groups is 1. The molecule has 2 aliphatic rings. The standard InChI is InChI=1S/C27H31F3N4O7S2/c1-19-18-21(43(39,40)31-13-4-5-16-35)9-8-20(19)10-17-42(37,38)34-14-11-26(12-15-34)25(36)32-24(33-26)22-6-2-3-7-23(22)41-27(28,29)30/h2-3,6-10,17-18,31,35H,4-5,11-16H2,1H3,(H,32,33,36)/b17-10+. The number of para-hydroxylation sites is 1. The predicted octanol–water partition coefficient (Wildman–Crippen LogP) is 2.66. The third kappa shape index (κ3) is 7.80. The average molecular weight is 645 g/mol. The third-order valence-electron chi connectivity index (χ3n) is 7.11. The SMILES string of the molecule is Cc1cc(S(=O)(=O)NCCCCO)ccc1/C=C/S(=O)(=O)N1CCC2(CC1)N=C(c1ccccc1OC(F)(F)F)NC2=O. The molecular formula is C27H31F3N4O7S2. The number of rotatable bonds is 11. The Kier molecular flexibility index (Phi) is 9.66. The Morgan fingerprint density at radius 3 is 2.47 bits per heavy atom. The molecule has 1 saturated heterocycles. The van der Waals surface area contributed by atoms with Gasteiger partial charge in [0, 0.05) is 31.6 Å². The summed E-state index contributed by atoms with van der Waals surface area (Å²) >= 11 is 0. The number of aliphatic hydroxyl groups excluding tert-OH is 1. The molecule has 16 heteroatoms. The van der Waals surface area contributed by atoms with Gasteiger partial charge in [-0.05, 0) is 74.1 Å². The molecule has 0 radical (unpaired) electrons. The van der Waals surface area contributed by atoms with E-state index in [0.717, 1.165) is 11.5 Å². The first-order chi connectivity index (χ1) is 20.2. The topological polar surface area (TPSA) is 154 Å². The van der Waals surface area contributed by atoms with E-state index >= 15 is 0 Å². The Morgan fingerprint density at radius 2 is 1.81 bits per heavy atom. The number of aryl methyl sites for hydroxylation is 1. The number of carbonyl (C=O) groups excluding carboxylic acids is 1. The van der Waals surface area contributed by atoms with Crippen LogP contribution in [0.5, 0.6) is 5.75 Å². The van der Waals surface area contributed by atoms with Crippen molar-refractivity contribution in [1.82, 2.24) is 14.3 Å². The molecule has 0 unspecified atom stereocenters. The second-order valence-corrected chi connectivity index (χ2v) is 13.7. The number of benzene rings is 2. The largest absolute Gasteiger partial charge is 0.573 e. The van der Waals surface area contributed by atoms with Gasteiger partial charge in [0.2, 0.25) is 20.0 Å². The molecule has 2 aromatic carbocycles. The Balaban J connectivity index is 1.43. The van der Waals surface area contributed by atoms with Crippen molar-refractivity contribution in [3.05, 3.63) is 64.6 Å². The summed E-state index contributed by atoms with van der Waals surface area (Å²) in [5, 5.41) is 12.4. The fourth-order valence-electron chi connectivity index (χ4n) is 4.74. The number of hydrogen-bond acceptors (Lipinski definition) is 8. The predicted molar refractivity (Wildman–Crippen MR) is 152 cm³/mol. The molecular weight excluding hydrogens is 613 g/mol. The summed E-state index contributed by atoms with van der Waals surface area (Å²) in [6.07, 6.45) is -2.62. The number of aliphatic imine (C=N–C) groups is 1. The number of halogens is 3. The third-order valence-corrected chi connectivity index (χ3v) is 10.1. The number of hydrogen-bond donors (Lipinski definition) is 3. The van der Waals surface area contributed by atoms with Crippen LogP contribution in [0.1, 0.15) is 42.4 Å². The van der Waals surface area contributed by atoms with Crippen LogP contribution in [0, 0.1) is 6.92 Å². The fourth-order valence-corrected chi connectivity index (χ4v) is 7.09. The van der Waals surface area contributed by atoms with Crippen LogP contribution < -0.4 is 14.8 Å².